The summed E-state index contributed by atoms with van der Waals surface area (Å²) < 4.78 is 0. The van der Waals surface area contributed by atoms with Crippen LogP contribution < -0.4 is 5.32 Å². The van der Waals surface area contributed by atoms with E-state index in [2.05, 4.69) is 17.2 Å². The van der Waals surface area contributed by atoms with Gasteiger partial charge in [0.1, 0.15) is 0 Å². The molecule has 1 unspecified atom stereocenters. The first-order valence-corrected chi connectivity index (χ1v) is 8.70. The first kappa shape index (κ1) is 17.1. The third-order valence-corrected chi connectivity index (χ3v) is 4.54. The van der Waals surface area contributed by atoms with Crippen LogP contribution >= 0.6 is 0 Å². The molecule has 1 aromatic heterocycles. The van der Waals surface area contributed by atoms with Crippen LogP contribution in [-0.2, 0) is 6.54 Å². The molecule has 2 aromatic rings. The Morgan fingerprint density at radius 1 is 1.12 bits per heavy atom. The predicted molar refractivity (Wildman–Crippen MR) is 96.2 cm³/mol. The lowest BCUT2D eigenvalue weighted by Crippen LogP contribution is -2.39. The van der Waals surface area contributed by atoms with Crippen molar-refractivity contribution in [2.75, 3.05) is 13.1 Å². The third kappa shape index (κ3) is 4.44. The molecule has 0 radical (unpaired) electrons. The maximum atomic E-state index is 12.6. The lowest BCUT2D eigenvalue weighted by molar-refractivity contribution is 0.0682. The summed E-state index contributed by atoms with van der Waals surface area (Å²) in [5.41, 5.74) is 2.19. The van der Waals surface area contributed by atoms with E-state index >= 15 is 0 Å². The van der Waals surface area contributed by atoms with Crippen molar-refractivity contribution in [1.29, 1.82) is 0 Å². The van der Waals surface area contributed by atoms with Crippen molar-refractivity contribution < 1.29 is 9.59 Å². The molecule has 2 amide bonds. The summed E-state index contributed by atoms with van der Waals surface area (Å²) in [5.74, 6) is 0.452. The van der Waals surface area contributed by atoms with Crippen LogP contribution in [-0.4, -0.2) is 34.8 Å². The lowest BCUT2D eigenvalue weighted by atomic mass is 9.99. The fraction of sp³-hybridized carbons (Fsp3) is 0.350. The molecule has 1 aliphatic rings. The molecule has 5 heteroatoms. The van der Waals surface area contributed by atoms with Crippen molar-refractivity contribution in [3.63, 3.8) is 0 Å². The van der Waals surface area contributed by atoms with Crippen molar-refractivity contribution in [2.45, 2.75) is 26.3 Å². The Labute approximate surface area is 148 Å². The van der Waals surface area contributed by atoms with E-state index in [1.165, 1.54) is 6.42 Å². The quantitative estimate of drug-likeness (QED) is 0.933. The van der Waals surface area contributed by atoms with Crippen LogP contribution in [0.1, 0.15) is 46.0 Å². The highest BCUT2D eigenvalue weighted by molar-refractivity contribution is 5.97. The van der Waals surface area contributed by atoms with Crippen LogP contribution in [0.5, 0.6) is 0 Å². The van der Waals surface area contributed by atoms with Crippen molar-refractivity contribution in [3.8, 4) is 0 Å². The van der Waals surface area contributed by atoms with E-state index in [1.807, 2.05) is 17.0 Å². The van der Waals surface area contributed by atoms with Crippen molar-refractivity contribution in [2.24, 2.45) is 5.92 Å². The minimum atomic E-state index is -0.151. The van der Waals surface area contributed by atoms with Gasteiger partial charge in [-0.05, 0) is 60.7 Å². The second kappa shape index (κ2) is 7.92. The molecule has 1 atom stereocenters. The standard InChI is InChI=1S/C20H23N3O2/c1-15-3-2-12-23(14-15)20(25)18-6-4-17(5-7-18)19(24)22-13-16-8-10-21-11-9-16/h4-11,15H,2-3,12-14H2,1H3,(H,22,24). The number of carbonyl (C=O) groups is 2. The largest absolute Gasteiger partial charge is 0.348 e. The topological polar surface area (TPSA) is 62.3 Å². The highest BCUT2D eigenvalue weighted by Gasteiger charge is 2.22. The monoisotopic (exact) mass is 337 g/mol. The zero-order valence-electron chi connectivity index (χ0n) is 14.4. The van der Waals surface area contributed by atoms with Crippen LogP contribution in [0.15, 0.2) is 48.8 Å². The molecule has 3 rings (SSSR count). The van der Waals surface area contributed by atoms with Crippen molar-refractivity contribution in [3.05, 3.63) is 65.5 Å². The van der Waals surface area contributed by atoms with Gasteiger partial charge in [-0.25, -0.2) is 0 Å². The number of nitrogens with zero attached hydrogens (tertiary/aromatic N) is 2. The van der Waals surface area contributed by atoms with Gasteiger partial charge < -0.3 is 10.2 Å². The van der Waals surface area contributed by atoms with Gasteiger partial charge in [-0.2, -0.15) is 0 Å². The molecule has 2 heterocycles. The zero-order valence-corrected chi connectivity index (χ0v) is 14.4. The molecule has 5 nitrogen and oxygen atoms in total. The zero-order chi connectivity index (χ0) is 17.6. The molecule has 1 aromatic carbocycles. The molecule has 0 aliphatic carbocycles. The summed E-state index contributed by atoms with van der Waals surface area (Å²) in [4.78, 5) is 30.6. The fourth-order valence-corrected chi connectivity index (χ4v) is 3.11. The number of nitrogens with one attached hydrogen (secondary N) is 1. The molecule has 0 spiro atoms. The number of hydrogen-bond donors (Lipinski definition) is 1. The Balaban J connectivity index is 1.59. The maximum absolute atomic E-state index is 12.6. The van der Waals surface area contributed by atoms with Crippen LogP contribution in [0.4, 0.5) is 0 Å². The number of aromatic nitrogens is 1. The Kier molecular flexibility index (Phi) is 5.43. The van der Waals surface area contributed by atoms with Crippen LogP contribution in [0, 0.1) is 5.92 Å². The average Bonchev–Trinajstić information content (AvgIpc) is 2.66. The van der Waals surface area contributed by atoms with Gasteiger partial charge in [-0.3, -0.25) is 14.6 Å². The minimum absolute atomic E-state index is 0.0512. The Morgan fingerprint density at radius 2 is 1.80 bits per heavy atom. The minimum Gasteiger partial charge on any atom is -0.348 e. The van der Waals surface area contributed by atoms with Crippen LogP contribution in [0.25, 0.3) is 0 Å². The van der Waals surface area contributed by atoms with Crippen LogP contribution in [0.2, 0.25) is 0 Å². The first-order chi connectivity index (χ1) is 12.1. The Morgan fingerprint density at radius 3 is 2.48 bits per heavy atom. The maximum Gasteiger partial charge on any atom is 0.253 e. The molecule has 25 heavy (non-hydrogen) atoms. The van der Waals surface area contributed by atoms with E-state index in [0.29, 0.717) is 23.6 Å². The highest BCUT2D eigenvalue weighted by Crippen LogP contribution is 2.18. The number of carbonyl (C=O) groups excluding carboxylic acids is 2. The average molecular weight is 337 g/mol. The SMILES string of the molecule is CC1CCCN(C(=O)c2ccc(C(=O)NCc3ccncc3)cc2)C1. The second-order valence-corrected chi connectivity index (χ2v) is 6.61. The Hall–Kier alpha value is -2.69. The molecule has 130 valence electrons. The number of hydrogen-bond acceptors (Lipinski definition) is 3. The van der Waals surface area contributed by atoms with E-state index < -0.39 is 0 Å². The summed E-state index contributed by atoms with van der Waals surface area (Å²) >= 11 is 0. The van der Waals surface area contributed by atoms with Crippen molar-refractivity contribution in [1.82, 2.24) is 15.2 Å². The summed E-state index contributed by atoms with van der Waals surface area (Å²) in [7, 11) is 0. The van der Waals surface area contributed by atoms with Gasteiger partial charge in [0, 0.05) is 43.2 Å². The highest BCUT2D eigenvalue weighted by atomic mass is 16.2. The third-order valence-electron chi connectivity index (χ3n) is 4.54. The first-order valence-electron chi connectivity index (χ1n) is 8.70. The smallest absolute Gasteiger partial charge is 0.253 e. The molecule has 1 fully saturated rings. The summed E-state index contributed by atoms with van der Waals surface area (Å²) in [6.07, 6.45) is 5.63. The predicted octanol–water partition coefficient (Wildman–Crippen LogP) is 2.88. The van der Waals surface area contributed by atoms with Gasteiger partial charge in [0.25, 0.3) is 11.8 Å². The van der Waals surface area contributed by atoms with Gasteiger partial charge in [0.05, 0.1) is 0 Å². The number of pyridine rings is 1. The number of likely N-dealkylation sites (tertiary alicyclic amines) is 1. The molecule has 0 bridgehead atoms. The molecule has 1 saturated heterocycles. The van der Waals surface area contributed by atoms with Gasteiger partial charge in [0.15, 0.2) is 0 Å². The molecule has 1 aliphatic heterocycles. The van der Waals surface area contributed by atoms with Gasteiger partial charge in [-0.1, -0.05) is 6.92 Å². The molecular weight excluding hydrogens is 314 g/mol. The van der Waals surface area contributed by atoms with Crippen molar-refractivity contribution >= 4 is 11.8 Å². The van der Waals surface area contributed by atoms with E-state index in [4.69, 9.17) is 0 Å². The molecule has 0 saturated carbocycles. The molecular formula is C20H23N3O2. The summed E-state index contributed by atoms with van der Waals surface area (Å²) in [6.45, 7) is 4.26. The fourth-order valence-electron chi connectivity index (χ4n) is 3.11. The number of rotatable bonds is 4. The lowest BCUT2D eigenvalue weighted by Gasteiger charge is -2.31. The summed E-state index contributed by atoms with van der Waals surface area (Å²) in [5, 5.41) is 2.87. The summed E-state index contributed by atoms with van der Waals surface area (Å²) in [6, 6.07) is 10.6. The normalized spacial score (nSPS) is 17.2. The van der Waals surface area contributed by atoms with E-state index in [0.717, 1.165) is 25.1 Å². The number of amides is 2. The van der Waals surface area contributed by atoms with E-state index in [-0.39, 0.29) is 11.8 Å². The van der Waals surface area contributed by atoms with Gasteiger partial charge >= 0.3 is 0 Å². The van der Waals surface area contributed by atoms with E-state index in [1.54, 1.807) is 36.7 Å². The number of piperidine rings is 1. The second-order valence-electron chi connectivity index (χ2n) is 6.61. The van der Waals surface area contributed by atoms with Gasteiger partial charge in [0.2, 0.25) is 0 Å². The van der Waals surface area contributed by atoms with Crippen LogP contribution in [0.3, 0.4) is 0 Å². The van der Waals surface area contributed by atoms with E-state index in [9.17, 15) is 9.59 Å². The Bertz CT molecular complexity index is 728. The number of benzene rings is 1. The van der Waals surface area contributed by atoms with Gasteiger partial charge in [-0.15, -0.1) is 0 Å². The molecule has 1 N–H and O–H groups in total.